The van der Waals surface area contributed by atoms with E-state index >= 15 is 0 Å². The van der Waals surface area contributed by atoms with Crippen molar-refractivity contribution in [3.63, 3.8) is 0 Å². The van der Waals surface area contributed by atoms with Crippen molar-refractivity contribution in [1.29, 1.82) is 0 Å². The van der Waals surface area contributed by atoms with Crippen LogP contribution in [0.25, 0.3) is 10.9 Å². The Balaban J connectivity index is 2.45. The molecule has 1 unspecified atom stereocenters. The summed E-state index contributed by atoms with van der Waals surface area (Å²) < 4.78 is 7.02. The molecule has 0 aliphatic heterocycles. The lowest BCUT2D eigenvalue weighted by Gasteiger charge is -2.32. The monoisotopic (exact) mass is 429 g/mol. The highest BCUT2D eigenvalue weighted by Crippen LogP contribution is 2.25. The maximum atomic E-state index is 13.3. The third-order valence-electron chi connectivity index (χ3n) is 5.71. The number of nitrogens with zero attached hydrogens (tertiary/aromatic N) is 3. The van der Waals surface area contributed by atoms with Crippen LogP contribution >= 0.6 is 0 Å². The zero-order valence-corrected chi connectivity index (χ0v) is 19.7. The molecule has 0 spiro atoms. The second-order valence-electron chi connectivity index (χ2n) is 8.11. The predicted octanol–water partition coefficient (Wildman–Crippen LogP) is 5.09. The van der Waals surface area contributed by atoms with E-state index in [9.17, 15) is 9.59 Å². The summed E-state index contributed by atoms with van der Waals surface area (Å²) in [6, 6.07) is 7.26. The Kier molecular flexibility index (Phi) is 10.7. The smallest absolute Gasteiger partial charge is 0.261 e. The van der Waals surface area contributed by atoms with Crippen molar-refractivity contribution in [2.24, 2.45) is 0 Å². The minimum atomic E-state index is -0.223. The highest BCUT2D eigenvalue weighted by Gasteiger charge is 2.27. The van der Waals surface area contributed by atoms with E-state index < -0.39 is 0 Å². The molecule has 0 bridgehead atoms. The maximum Gasteiger partial charge on any atom is 0.261 e. The van der Waals surface area contributed by atoms with Gasteiger partial charge < -0.3 is 9.64 Å². The quantitative estimate of drug-likeness (QED) is 0.392. The second kappa shape index (κ2) is 13.3. The molecule has 0 aliphatic rings. The molecular formula is C25H39N3O3. The van der Waals surface area contributed by atoms with E-state index in [4.69, 9.17) is 9.72 Å². The van der Waals surface area contributed by atoms with Crippen LogP contribution in [0, 0.1) is 0 Å². The standard InChI is InChI=1S/C25H39N3O3/c1-5-8-9-10-16-23(29)27(18-13-19-31-4)22(7-3)24-26-21-15-12-11-14-20(21)25(30)28(24)17-6-2/h11-12,14-15,22H,5-10,13,16-19H2,1-4H3. The Morgan fingerprint density at radius 3 is 2.55 bits per heavy atom. The molecule has 6 heteroatoms. The molecule has 1 aromatic carbocycles. The van der Waals surface area contributed by atoms with Crippen molar-refractivity contribution in [3.05, 3.63) is 40.4 Å². The Labute approximate surface area is 186 Å². The van der Waals surface area contributed by atoms with Crippen molar-refractivity contribution >= 4 is 16.8 Å². The molecule has 0 saturated carbocycles. The van der Waals surface area contributed by atoms with Gasteiger partial charge >= 0.3 is 0 Å². The number of carbonyl (C=O) groups excluding carboxylic acids is 1. The summed E-state index contributed by atoms with van der Waals surface area (Å²) in [5.41, 5.74) is 0.675. The van der Waals surface area contributed by atoms with Gasteiger partial charge in [0.05, 0.1) is 16.9 Å². The minimum Gasteiger partial charge on any atom is -0.385 e. The van der Waals surface area contributed by atoms with Crippen molar-refractivity contribution in [2.45, 2.75) is 84.7 Å². The molecular weight excluding hydrogens is 390 g/mol. The number of hydrogen-bond donors (Lipinski definition) is 0. The number of para-hydroxylation sites is 1. The van der Waals surface area contributed by atoms with Crippen LogP contribution in [-0.2, 0) is 16.1 Å². The number of carbonyl (C=O) groups is 1. The highest BCUT2D eigenvalue weighted by atomic mass is 16.5. The molecule has 0 N–H and O–H groups in total. The number of rotatable bonds is 14. The van der Waals surface area contributed by atoms with Gasteiger partial charge in [-0.1, -0.05) is 52.2 Å². The third kappa shape index (κ3) is 6.63. The van der Waals surface area contributed by atoms with Gasteiger partial charge in [-0.2, -0.15) is 0 Å². The Bertz CT molecular complexity index is 878. The fourth-order valence-electron chi connectivity index (χ4n) is 4.10. The lowest BCUT2D eigenvalue weighted by molar-refractivity contribution is -0.134. The number of fused-ring (bicyclic) bond motifs is 1. The lowest BCUT2D eigenvalue weighted by Crippen LogP contribution is -2.39. The summed E-state index contributed by atoms with van der Waals surface area (Å²) in [7, 11) is 1.68. The van der Waals surface area contributed by atoms with E-state index in [1.807, 2.05) is 29.2 Å². The molecule has 0 aliphatic carbocycles. The molecule has 6 nitrogen and oxygen atoms in total. The summed E-state index contributed by atoms with van der Waals surface area (Å²) in [6.07, 6.45) is 7.11. The summed E-state index contributed by atoms with van der Waals surface area (Å²) in [4.78, 5) is 33.4. The van der Waals surface area contributed by atoms with E-state index in [1.165, 1.54) is 0 Å². The first-order chi connectivity index (χ1) is 15.1. The fraction of sp³-hybridized carbons (Fsp3) is 0.640. The van der Waals surface area contributed by atoms with Gasteiger partial charge in [-0.15, -0.1) is 0 Å². The first-order valence-electron chi connectivity index (χ1n) is 11.9. The van der Waals surface area contributed by atoms with Gasteiger partial charge in [0.25, 0.3) is 5.56 Å². The van der Waals surface area contributed by atoms with Gasteiger partial charge in [0, 0.05) is 33.2 Å². The van der Waals surface area contributed by atoms with E-state index in [0.29, 0.717) is 49.3 Å². The van der Waals surface area contributed by atoms with Crippen LogP contribution in [0.4, 0.5) is 0 Å². The molecule has 1 atom stereocenters. The molecule has 0 saturated heterocycles. The van der Waals surface area contributed by atoms with Gasteiger partial charge in [0.2, 0.25) is 5.91 Å². The minimum absolute atomic E-state index is 0.0202. The molecule has 1 aromatic heterocycles. The van der Waals surface area contributed by atoms with Crippen LogP contribution in [0.2, 0.25) is 0 Å². The summed E-state index contributed by atoms with van der Waals surface area (Å²) >= 11 is 0. The molecule has 1 amide bonds. The van der Waals surface area contributed by atoms with Crippen LogP contribution in [0.3, 0.4) is 0 Å². The lowest BCUT2D eigenvalue weighted by atomic mass is 10.1. The van der Waals surface area contributed by atoms with Gasteiger partial charge in [-0.25, -0.2) is 4.98 Å². The molecule has 0 fully saturated rings. The van der Waals surface area contributed by atoms with Gasteiger partial charge in [0.15, 0.2) is 0 Å². The number of amides is 1. The van der Waals surface area contributed by atoms with E-state index in [-0.39, 0.29) is 17.5 Å². The second-order valence-corrected chi connectivity index (χ2v) is 8.11. The van der Waals surface area contributed by atoms with Crippen LogP contribution in [0.15, 0.2) is 29.1 Å². The van der Waals surface area contributed by atoms with Gasteiger partial charge in [0.1, 0.15) is 5.82 Å². The Morgan fingerprint density at radius 2 is 1.87 bits per heavy atom. The average Bonchev–Trinajstić information content (AvgIpc) is 2.78. The van der Waals surface area contributed by atoms with Crippen molar-refractivity contribution in [1.82, 2.24) is 14.5 Å². The van der Waals surface area contributed by atoms with Crippen LogP contribution < -0.4 is 5.56 Å². The largest absolute Gasteiger partial charge is 0.385 e. The van der Waals surface area contributed by atoms with Crippen molar-refractivity contribution in [3.8, 4) is 0 Å². The normalized spacial score (nSPS) is 12.3. The van der Waals surface area contributed by atoms with E-state index in [1.54, 1.807) is 11.7 Å². The predicted molar refractivity (Wildman–Crippen MR) is 126 cm³/mol. The zero-order chi connectivity index (χ0) is 22.6. The van der Waals surface area contributed by atoms with Crippen molar-refractivity contribution < 1.29 is 9.53 Å². The fourth-order valence-corrected chi connectivity index (χ4v) is 4.10. The maximum absolute atomic E-state index is 13.3. The molecule has 31 heavy (non-hydrogen) atoms. The number of ether oxygens (including phenoxy) is 1. The highest BCUT2D eigenvalue weighted by molar-refractivity contribution is 5.78. The summed E-state index contributed by atoms with van der Waals surface area (Å²) in [5, 5.41) is 0.631. The topological polar surface area (TPSA) is 64.4 Å². The van der Waals surface area contributed by atoms with Gasteiger partial charge in [-0.05, 0) is 37.8 Å². The first-order valence-corrected chi connectivity index (χ1v) is 11.9. The molecule has 172 valence electrons. The van der Waals surface area contributed by atoms with Crippen LogP contribution in [0.5, 0.6) is 0 Å². The Hall–Kier alpha value is -2.21. The number of aromatic nitrogens is 2. The third-order valence-corrected chi connectivity index (χ3v) is 5.71. The first kappa shape index (κ1) is 25.1. The molecule has 2 aromatic rings. The SMILES string of the molecule is CCCCCCC(=O)N(CCCOC)C(CC)c1nc2ccccc2c(=O)n1CCC. The Morgan fingerprint density at radius 1 is 1.10 bits per heavy atom. The molecule has 0 radical (unpaired) electrons. The zero-order valence-electron chi connectivity index (χ0n) is 19.7. The van der Waals surface area contributed by atoms with E-state index in [0.717, 1.165) is 38.5 Å². The number of benzene rings is 1. The molecule has 1 heterocycles. The number of hydrogen-bond acceptors (Lipinski definition) is 4. The number of unbranched alkanes of at least 4 members (excludes halogenated alkanes) is 3. The molecule has 2 rings (SSSR count). The van der Waals surface area contributed by atoms with E-state index in [2.05, 4.69) is 20.8 Å². The summed E-state index contributed by atoms with van der Waals surface area (Å²) in [5.74, 6) is 0.844. The van der Waals surface area contributed by atoms with Crippen molar-refractivity contribution in [2.75, 3.05) is 20.3 Å². The van der Waals surface area contributed by atoms with Gasteiger partial charge in [-0.3, -0.25) is 14.2 Å². The van der Waals surface area contributed by atoms with Crippen LogP contribution in [0.1, 0.15) is 84.0 Å². The average molecular weight is 430 g/mol. The summed E-state index contributed by atoms with van der Waals surface area (Å²) in [6.45, 7) is 8.10. The van der Waals surface area contributed by atoms with Crippen LogP contribution in [-0.4, -0.2) is 40.6 Å². The number of methoxy groups -OCH3 is 1.